The Morgan fingerprint density at radius 3 is 1.95 bits per heavy atom. The summed E-state index contributed by atoms with van der Waals surface area (Å²) in [5.41, 5.74) is 5.09. The van der Waals surface area contributed by atoms with Crippen molar-refractivity contribution >= 4 is 23.1 Å². The zero-order valence-corrected chi connectivity index (χ0v) is 13.6. The van der Waals surface area contributed by atoms with Crippen LogP contribution in [0.4, 0.5) is 5.69 Å². The summed E-state index contributed by atoms with van der Waals surface area (Å²) in [5.74, 6) is 1.29. The Morgan fingerprint density at radius 2 is 1.63 bits per heavy atom. The molecule has 0 saturated heterocycles. The van der Waals surface area contributed by atoms with Crippen LogP contribution < -0.4 is 0 Å². The third-order valence-electron chi connectivity index (χ3n) is 3.88. The molecule has 0 aliphatic heterocycles. The Kier molecular flexibility index (Phi) is 6.41. The van der Waals surface area contributed by atoms with Crippen LogP contribution in [0, 0.1) is 5.92 Å². The molecule has 1 aromatic carbocycles. The van der Waals surface area contributed by atoms with Gasteiger partial charge < -0.3 is 0 Å². The van der Waals surface area contributed by atoms with Crippen LogP contribution in [0.3, 0.4) is 0 Å². The number of aryl methyl sites for hydroxylation is 2. The van der Waals surface area contributed by atoms with Crippen LogP contribution in [0.1, 0.15) is 63.6 Å². The molecule has 0 heterocycles. The van der Waals surface area contributed by atoms with Crippen LogP contribution in [0.25, 0.3) is 0 Å². The first kappa shape index (κ1) is 16.1. The quantitative estimate of drug-likeness (QED) is 0.479. The Hall–Kier alpha value is -0.980. The van der Waals surface area contributed by atoms with E-state index in [1.165, 1.54) is 23.1 Å². The van der Waals surface area contributed by atoms with E-state index in [0.717, 1.165) is 18.5 Å². The fourth-order valence-corrected chi connectivity index (χ4v) is 2.91. The fourth-order valence-electron chi connectivity index (χ4n) is 2.82. The van der Waals surface area contributed by atoms with Gasteiger partial charge in [0.15, 0.2) is 0 Å². The van der Waals surface area contributed by atoms with E-state index in [4.69, 9.17) is 12.2 Å². The number of rotatable bonds is 6. The summed E-state index contributed by atoms with van der Waals surface area (Å²) in [6.07, 6.45) is 3.16. The number of hydrogen-bond acceptors (Lipinski definition) is 2. The van der Waals surface area contributed by atoms with Crippen molar-refractivity contribution < 1.29 is 0 Å². The second-order valence-electron chi connectivity index (χ2n) is 5.36. The monoisotopic (exact) mass is 275 g/mol. The smallest absolute Gasteiger partial charge is 0.0803 e. The van der Waals surface area contributed by atoms with Crippen molar-refractivity contribution in [3.8, 4) is 0 Å². The summed E-state index contributed by atoms with van der Waals surface area (Å²) in [7, 11) is 0. The second kappa shape index (κ2) is 7.57. The lowest BCUT2D eigenvalue weighted by Crippen LogP contribution is -2.07. The van der Waals surface area contributed by atoms with Gasteiger partial charge in [-0.3, -0.25) is 0 Å². The summed E-state index contributed by atoms with van der Waals surface area (Å²) in [5, 5.41) is 2.53. The standard InChI is InChI=1S/C17H25NS/c1-6-13-9-15(16(8-3)12(4)5)10-14(7-2)17(13)18-11-19/h9-10,12,16H,6-8H2,1-5H3. The van der Waals surface area contributed by atoms with Gasteiger partial charge in [-0.1, -0.05) is 46.8 Å². The molecule has 0 fully saturated rings. The number of nitrogens with zero attached hydrogens (tertiary/aromatic N) is 1. The Morgan fingerprint density at radius 1 is 1.11 bits per heavy atom. The minimum Gasteiger partial charge on any atom is -0.194 e. The molecule has 1 aromatic rings. The molecular formula is C17H25NS. The van der Waals surface area contributed by atoms with E-state index in [0.29, 0.717) is 11.8 Å². The molecule has 0 radical (unpaired) electrons. The van der Waals surface area contributed by atoms with Gasteiger partial charge in [-0.05, 0) is 60.0 Å². The molecule has 1 unspecified atom stereocenters. The lowest BCUT2D eigenvalue weighted by atomic mass is 9.84. The summed E-state index contributed by atoms with van der Waals surface area (Å²) in [6.45, 7) is 11.2. The third-order valence-corrected chi connectivity index (χ3v) is 3.97. The predicted octanol–water partition coefficient (Wildman–Crippen LogP) is 5.70. The van der Waals surface area contributed by atoms with Gasteiger partial charge in [-0.25, -0.2) is 0 Å². The highest BCUT2D eigenvalue weighted by Gasteiger charge is 2.17. The van der Waals surface area contributed by atoms with Gasteiger partial charge in [-0.15, -0.1) is 0 Å². The van der Waals surface area contributed by atoms with E-state index < -0.39 is 0 Å². The van der Waals surface area contributed by atoms with Gasteiger partial charge in [0.05, 0.1) is 10.8 Å². The topological polar surface area (TPSA) is 12.4 Å². The van der Waals surface area contributed by atoms with Crippen molar-refractivity contribution in [3.63, 3.8) is 0 Å². The molecule has 0 amide bonds. The normalized spacial score (nSPS) is 12.3. The van der Waals surface area contributed by atoms with Crippen LogP contribution in [0.5, 0.6) is 0 Å². The maximum Gasteiger partial charge on any atom is 0.0803 e. The molecule has 0 N–H and O–H groups in total. The minimum absolute atomic E-state index is 0.626. The van der Waals surface area contributed by atoms with E-state index in [1.807, 2.05) is 0 Å². The number of isothiocyanates is 1. The lowest BCUT2D eigenvalue weighted by Gasteiger charge is -2.22. The lowest BCUT2D eigenvalue weighted by molar-refractivity contribution is 0.484. The highest BCUT2D eigenvalue weighted by molar-refractivity contribution is 7.78. The third kappa shape index (κ3) is 3.75. The number of thiocarbonyl (C=S) groups is 1. The molecule has 0 saturated carbocycles. The van der Waals surface area contributed by atoms with Crippen molar-refractivity contribution in [2.75, 3.05) is 0 Å². The molecule has 0 bridgehead atoms. The van der Waals surface area contributed by atoms with Crippen LogP contribution in [0.15, 0.2) is 17.1 Å². The largest absolute Gasteiger partial charge is 0.194 e. The van der Waals surface area contributed by atoms with Crippen molar-refractivity contribution in [2.24, 2.45) is 10.9 Å². The van der Waals surface area contributed by atoms with Gasteiger partial charge in [-0.2, -0.15) is 4.99 Å². The number of benzene rings is 1. The first-order valence-electron chi connectivity index (χ1n) is 7.32. The summed E-state index contributed by atoms with van der Waals surface area (Å²) < 4.78 is 0. The molecule has 0 spiro atoms. The SMILES string of the molecule is CCc1cc(C(CC)C(C)C)cc(CC)c1N=C=S. The van der Waals surface area contributed by atoms with Crippen LogP contribution in [-0.4, -0.2) is 5.16 Å². The number of hydrogen-bond donors (Lipinski definition) is 0. The molecule has 104 valence electrons. The maximum absolute atomic E-state index is 4.78. The molecule has 1 nitrogen and oxygen atoms in total. The predicted molar refractivity (Wildman–Crippen MR) is 87.8 cm³/mol. The van der Waals surface area contributed by atoms with Gasteiger partial charge in [0.2, 0.25) is 0 Å². The van der Waals surface area contributed by atoms with Crippen molar-refractivity contribution in [1.82, 2.24) is 0 Å². The molecule has 0 aromatic heterocycles. The van der Waals surface area contributed by atoms with E-state index >= 15 is 0 Å². The average Bonchev–Trinajstić information content (AvgIpc) is 2.40. The Balaban J connectivity index is 3.41. The Labute approximate surface area is 123 Å². The molecule has 1 atom stereocenters. The van der Waals surface area contributed by atoms with E-state index in [9.17, 15) is 0 Å². The highest BCUT2D eigenvalue weighted by Crippen LogP contribution is 2.34. The van der Waals surface area contributed by atoms with Gasteiger partial charge in [0.25, 0.3) is 0 Å². The van der Waals surface area contributed by atoms with Crippen LogP contribution >= 0.6 is 12.2 Å². The summed E-state index contributed by atoms with van der Waals surface area (Å²) in [6, 6.07) is 4.64. The molecule has 0 aliphatic rings. The fraction of sp³-hybridized carbons (Fsp3) is 0.588. The first-order valence-corrected chi connectivity index (χ1v) is 7.73. The molecule has 19 heavy (non-hydrogen) atoms. The van der Waals surface area contributed by atoms with Crippen molar-refractivity contribution in [1.29, 1.82) is 0 Å². The minimum atomic E-state index is 0.626. The van der Waals surface area contributed by atoms with Crippen LogP contribution in [-0.2, 0) is 12.8 Å². The molecule has 1 rings (SSSR count). The zero-order chi connectivity index (χ0) is 14.4. The first-order chi connectivity index (χ1) is 9.08. The maximum atomic E-state index is 4.78. The van der Waals surface area contributed by atoms with E-state index in [1.54, 1.807) is 0 Å². The average molecular weight is 275 g/mol. The van der Waals surface area contributed by atoms with Crippen LogP contribution in [0.2, 0.25) is 0 Å². The number of aliphatic imine (C=N–C) groups is 1. The van der Waals surface area contributed by atoms with E-state index in [-0.39, 0.29) is 0 Å². The van der Waals surface area contributed by atoms with Crippen molar-refractivity contribution in [3.05, 3.63) is 28.8 Å². The highest BCUT2D eigenvalue weighted by atomic mass is 32.1. The molecule has 2 heteroatoms. The van der Waals surface area contributed by atoms with Gasteiger partial charge in [0, 0.05) is 0 Å². The van der Waals surface area contributed by atoms with Gasteiger partial charge >= 0.3 is 0 Å². The summed E-state index contributed by atoms with van der Waals surface area (Å²) >= 11 is 4.78. The Bertz CT molecular complexity index is 445. The van der Waals surface area contributed by atoms with E-state index in [2.05, 4.69) is 56.9 Å². The van der Waals surface area contributed by atoms with Crippen molar-refractivity contribution in [2.45, 2.75) is 59.8 Å². The van der Waals surface area contributed by atoms with Gasteiger partial charge in [0.1, 0.15) is 0 Å². The second-order valence-corrected chi connectivity index (χ2v) is 5.54. The molecule has 0 aliphatic carbocycles. The zero-order valence-electron chi connectivity index (χ0n) is 12.8. The molecular weight excluding hydrogens is 250 g/mol. The summed E-state index contributed by atoms with van der Waals surface area (Å²) in [4.78, 5) is 4.28.